The maximum absolute atomic E-state index is 9.25. The summed E-state index contributed by atoms with van der Waals surface area (Å²) >= 11 is 1.75. The molecule has 0 aliphatic heterocycles. The second-order valence-corrected chi connectivity index (χ2v) is 0. The molecule has 0 bridgehead atoms. The van der Waals surface area contributed by atoms with E-state index < -0.39 is 0 Å². The van der Waals surface area contributed by atoms with Crippen molar-refractivity contribution in [3.05, 3.63) is 0 Å². The Morgan fingerprint density at radius 1 is 1.00 bits per heavy atom. The van der Waals surface area contributed by atoms with Crippen LogP contribution in [0.15, 0.2) is 0 Å². The van der Waals surface area contributed by atoms with E-state index in [4.69, 9.17) is 0 Å². The van der Waals surface area contributed by atoms with Crippen LogP contribution in [0.25, 0.3) is 0 Å². The Bertz CT molecular complexity index is 6.00. The molecule has 4 heteroatoms. The Kier molecular flexibility index (Phi) is 916. The van der Waals surface area contributed by atoms with E-state index in [1.807, 2.05) is 0 Å². The molecule has 0 amide bonds. The number of hydrogen-bond donors (Lipinski definition) is 2. The first-order valence-corrected chi connectivity index (χ1v) is 0.551. The van der Waals surface area contributed by atoms with Crippen LogP contribution in [-0.4, -0.2) is 0 Å². The summed E-state index contributed by atoms with van der Waals surface area (Å²) in [6.45, 7) is 0. The molecule has 0 heterocycles. The largest absolute Gasteiger partial charge is 0.369 e. The van der Waals surface area contributed by atoms with Gasteiger partial charge < -0.3 is 12.3 Å². The number of halogens is 1. The molecule has 0 rings (SSSR count). The van der Waals surface area contributed by atoms with Gasteiger partial charge in [0.25, 0.3) is 0 Å². The summed E-state index contributed by atoms with van der Waals surface area (Å²) in [6, 6.07) is 0. The first-order chi connectivity index (χ1) is 1.00. The van der Waals surface area contributed by atoms with Crippen LogP contribution in [0.2, 0.25) is 0 Å². The van der Waals surface area contributed by atoms with Gasteiger partial charge in [-0.25, -0.2) is 0 Å². The van der Waals surface area contributed by atoms with Gasteiger partial charge in [-0.3, -0.25) is 0 Å². The molecule has 4 heavy (non-hydrogen) atoms. The molecule has 0 aromatic carbocycles. The van der Waals surface area contributed by atoms with Gasteiger partial charge in [0, 0.05) is 0 Å². The van der Waals surface area contributed by atoms with Crippen LogP contribution in [0.3, 0.4) is 0 Å². The molecular formula is H8FFeN2. The van der Waals surface area contributed by atoms with Crippen LogP contribution in [0.5, 0.6) is 0 Å². The minimum Gasteiger partial charge on any atom is -0.369 e. The van der Waals surface area contributed by atoms with Gasteiger partial charge in [-0.2, -0.15) is 0 Å². The Hall–Kier alpha value is 0.369. The van der Waals surface area contributed by atoms with E-state index in [2.05, 4.69) is 0 Å². The summed E-state index contributed by atoms with van der Waals surface area (Å²) in [7, 11) is 0. The molecule has 8 N–H and O–H groups in total. The van der Waals surface area contributed by atoms with E-state index in [0.29, 0.717) is 0 Å². The monoisotopic (exact) mass is 111 g/mol. The quantitative estimate of drug-likeness (QED) is 0.440. The van der Waals surface area contributed by atoms with Crippen molar-refractivity contribution in [1.29, 1.82) is 0 Å². The third-order valence-electron chi connectivity index (χ3n) is 0. The fourth-order valence-electron chi connectivity index (χ4n) is 0. The Morgan fingerprint density at radius 3 is 1.00 bits per heavy atom. The van der Waals surface area contributed by atoms with Gasteiger partial charge in [-0.1, -0.05) is 0 Å². The van der Waals surface area contributed by atoms with E-state index in [0.717, 1.165) is 0 Å². The van der Waals surface area contributed by atoms with Crippen molar-refractivity contribution in [2.75, 3.05) is 0 Å². The van der Waals surface area contributed by atoms with E-state index in [9.17, 15) is 3.55 Å². The van der Waals surface area contributed by atoms with Crippen molar-refractivity contribution in [3.63, 3.8) is 0 Å². The van der Waals surface area contributed by atoms with Crippen molar-refractivity contribution in [1.82, 2.24) is 12.3 Å². The van der Waals surface area contributed by atoms with Gasteiger partial charge in [0.15, 0.2) is 0 Å². The number of rotatable bonds is 0. The standard InChI is InChI=1S/FH.Fe.2H3N/h1H;;2*1H3/q;-1;;/p+1. The molecule has 0 spiro atoms. The van der Waals surface area contributed by atoms with Gasteiger partial charge in [0.05, 0.1) is 0 Å². The Morgan fingerprint density at radius 2 is 1.00 bits per heavy atom. The molecular weight excluding hydrogens is 103 g/mol. The summed E-state index contributed by atoms with van der Waals surface area (Å²) in [5, 5.41) is 0. The second kappa shape index (κ2) is 139. The fourth-order valence-corrected chi connectivity index (χ4v) is 0. The smallest absolute Gasteiger partial charge is 0.369 e. The predicted octanol–water partition coefficient (Wildman–Crippen LogP) is 1.17. The summed E-state index contributed by atoms with van der Waals surface area (Å²) in [6.07, 6.45) is 0. The first-order valence-electron chi connectivity index (χ1n) is 0.134. The molecule has 2 nitrogen and oxygen atoms in total. The van der Waals surface area contributed by atoms with Crippen LogP contribution in [0, 0.1) is 0 Å². The van der Waals surface area contributed by atoms with Gasteiger partial charge >= 0.3 is 20.0 Å². The normalized spacial score (nSPS) is 1.75. The summed E-state index contributed by atoms with van der Waals surface area (Å²) in [4.78, 5) is 0. The average Bonchev–Trinajstić information content (AvgIpc) is 1.00. The maximum atomic E-state index is 9.25. The molecule has 0 atom stereocenters. The van der Waals surface area contributed by atoms with E-state index in [1.54, 1.807) is 16.5 Å². The fraction of sp³-hybridized carbons (Fsp3) is 0. The SMILES string of the molecule is [F][Fe-2].[NH4+].[NH4+]. The van der Waals surface area contributed by atoms with E-state index >= 15 is 0 Å². The third-order valence-corrected chi connectivity index (χ3v) is 0. The first kappa shape index (κ1) is 26.5. The van der Waals surface area contributed by atoms with E-state index in [-0.39, 0.29) is 12.3 Å². The van der Waals surface area contributed by atoms with Gasteiger partial charge in [0.1, 0.15) is 0 Å². The van der Waals surface area contributed by atoms with Crippen LogP contribution >= 0.6 is 0 Å². The zero-order chi connectivity index (χ0) is 2.00. The van der Waals surface area contributed by atoms with Crippen molar-refractivity contribution in [2.45, 2.75) is 0 Å². The van der Waals surface area contributed by atoms with Crippen LogP contribution in [-0.2, 0) is 16.5 Å². The van der Waals surface area contributed by atoms with Crippen LogP contribution < -0.4 is 12.3 Å². The average molecular weight is 111 g/mol. The zero-order valence-corrected chi connectivity index (χ0v) is 3.84. The molecule has 0 aliphatic rings. The predicted molar refractivity (Wildman–Crippen MR) is 13.1 cm³/mol. The summed E-state index contributed by atoms with van der Waals surface area (Å²) < 4.78 is 9.25. The van der Waals surface area contributed by atoms with Crippen molar-refractivity contribution >= 4 is 0 Å². The maximum Gasteiger partial charge on any atom is -0.369 e. The van der Waals surface area contributed by atoms with Crippen molar-refractivity contribution in [3.8, 4) is 0 Å². The Balaban J connectivity index is -0.00000000500. The minimum absolute atomic E-state index is 0. The third kappa shape index (κ3) is 32.6. The minimum atomic E-state index is 0. The summed E-state index contributed by atoms with van der Waals surface area (Å²) in [5.41, 5.74) is 0. The topological polar surface area (TPSA) is 73.0 Å². The van der Waals surface area contributed by atoms with Crippen molar-refractivity contribution in [2.24, 2.45) is 0 Å². The second-order valence-electron chi connectivity index (χ2n) is 0. The molecule has 33 valence electrons. The number of hydrogen-bond acceptors (Lipinski definition) is 0. The Labute approximate surface area is 33.2 Å². The molecule has 0 fully saturated rings. The number of quaternary nitrogens is 2. The van der Waals surface area contributed by atoms with Crippen LogP contribution in [0.1, 0.15) is 0 Å². The van der Waals surface area contributed by atoms with Crippen LogP contribution in [0.4, 0.5) is 3.55 Å². The molecule has 0 radical (unpaired) electrons. The summed E-state index contributed by atoms with van der Waals surface area (Å²) in [5.74, 6) is 0. The zero-order valence-electron chi connectivity index (χ0n) is 2.73. The van der Waals surface area contributed by atoms with Gasteiger partial charge in [-0.15, -0.1) is 0 Å². The van der Waals surface area contributed by atoms with Gasteiger partial charge in [-0.05, 0) is 0 Å². The molecule has 0 saturated heterocycles. The molecule has 0 aromatic rings. The van der Waals surface area contributed by atoms with Crippen molar-refractivity contribution < 1.29 is 20.0 Å². The van der Waals surface area contributed by atoms with E-state index in [1.165, 1.54) is 0 Å². The molecule has 0 saturated carbocycles. The van der Waals surface area contributed by atoms with Gasteiger partial charge in [0.2, 0.25) is 0 Å². The molecule has 0 aromatic heterocycles. The molecule has 0 unspecified atom stereocenters. The molecule has 0 aliphatic carbocycles.